The topological polar surface area (TPSA) is 60.0 Å². The molecule has 1 saturated heterocycles. The molecule has 0 bridgehead atoms. The van der Waals surface area contributed by atoms with Crippen LogP contribution in [-0.2, 0) is 9.53 Å². The molecule has 2 aliphatic heterocycles. The number of rotatable bonds is 6. The maximum atomic E-state index is 12.2. The average Bonchev–Trinajstić information content (AvgIpc) is 3.02. The first-order valence-corrected chi connectivity index (χ1v) is 8.59. The normalized spacial score (nSPS) is 21.5. The van der Waals surface area contributed by atoms with E-state index in [2.05, 4.69) is 22.3 Å². The van der Waals surface area contributed by atoms with E-state index < -0.39 is 0 Å². The molecule has 0 aromatic heterocycles. The van der Waals surface area contributed by atoms with Gasteiger partial charge in [-0.1, -0.05) is 6.07 Å². The molecule has 0 spiro atoms. The minimum atomic E-state index is 0.0258. The fourth-order valence-corrected chi connectivity index (χ4v) is 3.46. The van der Waals surface area contributed by atoms with Crippen LogP contribution in [0, 0.1) is 0 Å². The van der Waals surface area contributed by atoms with E-state index in [0.29, 0.717) is 26.4 Å². The van der Waals surface area contributed by atoms with E-state index in [0.717, 1.165) is 30.9 Å². The standard InChI is InChI=1S/C18H26N2O4/c1-13(12-22-2)19-18(21)11-20-7-3-4-15(20)14-5-6-16-17(10-14)24-9-8-23-16/h5-6,10,13,15H,3-4,7-9,11-12H2,1-2H3,(H,19,21)/t13-,15+/m0/s1. The number of hydrogen-bond acceptors (Lipinski definition) is 5. The zero-order valence-electron chi connectivity index (χ0n) is 14.4. The highest BCUT2D eigenvalue weighted by Gasteiger charge is 2.29. The molecule has 1 aromatic rings. The second-order valence-corrected chi connectivity index (χ2v) is 6.46. The maximum Gasteiger partial charge on any atom is 0.234 e. The van der Waals surface area contributed by atoms with Crippen LogP contribution in [0.5, 0.6) is 11.5 Å². The Morgan fingerprint density at radius 1 is 1.38 bits per heavy atom. The first-order chi connectivity index (χ1) is 11.7. The number of nitrogens with one attached hydrogen (secondary N) is 1. The number of ether oxygens (including phenoxy) is 3. The summed E-state index contributed by atoms with van der Waals surface area (Å²) in [4.78, 5) is 14.5. The van der Waals surface area contributed by atoms with Gasteiger partial charge >= 0.3 is 0 Å². The van der Waals surface area contributed by atoms with Crippen LogP contribution in [0.1, 0.15) is 31.4 Å². The molecular formula is C18H26N2O4. The lowest BCUT2D eigenvalue weighted by molar-refractivity contribution is -0.123. The molecule has 1 fully saturated rings. The summed E-state index contributed by atoms with van der Waals surface area (Å²) >= 11 is 0. The van der Waals surface area contributed by atoms with Gasteiger partial charge in [0.15, 0.2) is 11.5 Å². The summed E-state index contributed by atoms with van der Waals surface area (Å²) in [6.45, 7) is 5.01. The number of carbonyl (C=O) groups excluding carboxylic acids is 1. The Balaban J connectivity index is 1.64. The molecule has 1 aromatic carbocycles. The van der Waals surface area contributed by atoms with Crippen LogP contribution < -0.4 is 14.8 Å². The molecular weight excluding hydrogens is 308 g/mol. The summed E-state index contributed by atoms with van der Waals surface area (Å²) in [7, 11) is 1.64. The highest BCUT2D eigenvalue weighted by Crippen LogP contribution is 2.37. The lowest BCUT2D eigenvalue weighted by atomic mass is 10.0. The molecule has 0 unspecified atom stereocenters. The molecule has 3 rings (SSSR count). The van der Waals surface area contributed by atoms with Gasteiger partial charge in [-0.2, -0.15) is 0 Å². The average molecular weight is 334 g/mol. The third-order valence-corrected chi connectivity index (χ3v) is 4.49. The number of fused-ring (bicyclic) bond motifs is 1. The van der Waals surface area contributed by atoms with Gasteiger partial charge in [0.1, 0.15) is 13.2 Å². The molecule has 24 heavy (non-hydrogen) atoms. The molecule has 1 N–H and O–H groups in total. The summed E-state index contributed by atoms with van der Waals surface area (Å²) in [6.07, 6.45) is 2.15. The molecule has 2 heterocycles. The first kappa shape index (κ1) is 17.0. The second kappa shape index (κ2) is 7.85. The number of hydrogen-bond donors (Lipinski definition) is 1. The summed E-state index contributed by atoms with van der Waals surface area (Å²) in [5.74, 6) is 1.66. The van der Waals surface area contributed by atoms with Gasteiger partial charge in [-0.15, -0.1) is 0 Å². The van der Waals surface area contributed by atoms with Crippen LogP contribution in [0.25, 0.3) is 0 Å². The Hall–Kier alpha value is -1.79. The lowest BCUT2D eigenvalue weighted by Gasteiger charge is -2.26. The van der Waals surface area contributed by atoms with Crippen LogP contribution in [0.15, 0.2) is 18.2 Å². The Morgan fingerprint density at radius 3 is 2.96 bits per heavy atom. The van der Waals surface area contributed by atoms with Gasteiger partial charge in [0.2, 0.25) is 5.91 Å². The molecule has 6 heteroatoms. The minimum Gasteiger partial charge on any atom is -0.486 e. The van der Waals surface area contributed by atoms with Crippen molar-refractivity contribution in [3.63, 3.8) is 0 Å². The molecule has 6 nitrogen and oxygen atoms in total. The van der Waals surface area contributed by atoms with Crippen molar-refractivity contribution >= 4 is 5.91 Å². The van der Waals surface area contributed by atoms with Crippen molar-refractivity contribution in [2.24, 2.45) is 0 Å². The van der Waals surface area contributed by atoms with Crippen molar-refractivity contribution in [3.8, 4) is 11.5 Å². The fourth-order valence-electron chi connectivity index (χ4n) is 3.46. The Morgan fingerprint density at radius 2 is 2.17 bits per heavy atom. The van der Waals surface area contributed by atoms with Crippen LogP contribution in [0.3, 0.4) is 0 Å². The van der Waals surface area contributed by atoms with Crippen molar-refractivity contribution in [3.05, 3.63) is 23.8 Å². The summed E-state index contributed by atoms with van der Waals surface area (Å²) in [5.41, 5.74) is 1.19. The van der Waals surface area contributed by atoms with Gasteiger partial charge in [-0.3, -0.25) is 9.69 Å². The van der Waals surface area contributed by atoms with Gasteiger partial charge in [0.25, 0.3) is 0 Å². The Kier molecular flexibility index (Phi) is 5.58. The highest BCUT2D eigenvalue weighted by atomic mass is 16.6. The number of amides is 1. The summed E-state index contributed by atoms with van der Waals surface area (Å²) < 4.78 is 16.3. The van der Waals surface area contributed by atoms with E-state index in [-0.39, 0.29) is 18.0 Å². The molecule has 1 amide bonds. The largest absolute Gasteiger partial charge is 0.486 e. The van der Waals surface area contributed by atoms with E-state index in [9.17, 15) is 4.79 Å². The smallest absolute Gasteiger partial charge is 0.234 e. The van der Waals surface area contributed by atoms with Crippen molar-refractivity contribution < 1.29 is 19.0 Å². The number of likely N-dealkylation sites (tertiary alicyclic amines) is 1. The van der Waals surface area contributed by atoms with E-state index in [1.807, 2.05) is 13.0 Å². The van der Waals surface area contributed by atoms with Crippen LogP contribution in [-0.4, -0.2) is 56.9 Å². The zero-order valence-corrected chi connectivity index (χ0v) is 14.4. The van der Waals surface area contributed by atoms with Crippen LogP contribution in [0.2, 0.25) is 0 Å². The van der Waals surface area contributed by atoms with Crippen molar-refractivity contribution in [1.82, 2.24) is 10.2 Å². The third kappa shape index (κ3) is 3.99. The summed E-state index contributed by atoms with van der Waals surface area (Å²) in [6, 6.07) is 6.40. The SMILES string of the molecule is COC[C@H](C)NC(=O)CN1CCC[C@@H]1c1ccc2c(c1)OCCO2. The van der Waals surface area contributed by atoms with E-state index in [1.54, 1.807) is 7.11 Å². The number of nitrogens with zero attached hydrogens (tertiary/aromatic N) is 1. The molecule has 0 radical (unpaired) electrons. The number of benzene rings is 1. The van der Waals surface area contributed by atoms with Crippen molar-refractivity contribution in [2.75, 3.05) is 40.0 Å². The number of carbonyl (C=O) groups is 1. The van der Waals surface area contributed by atoms with Gasteiger partial charge in [0.05, 0.1) is 13.2 Å². The molecule has 2 aliphatic rings. The monoisotopic (exact) mass is 334 g/mol. The van der Waals surface area contributed by atoms with E-state index in [4.69, 9.17) is 14.2 Å². The Labute approximate surface area is 143 Å². The summed E-state index contributed by atoms with van der Waals surface area (Å²) in [5, 5.41) is 2.98. The minimum absolute atomic E-state index is 0.0258. The van der Waals surface area contributed by atoms with Gasteiger partial charge < -0.3 is 19.5 Å². The predicted octanol–water partition coefficient (Wildman–Crippen LogP) is 1.75. The zero-order chi connectivity index (χ0) is 16.9. The maximum absolute atomic E-state index is 12.2. The fraction of sp³-hybridized carbons (Fsp3) is 0.611. The van der Waals surface area contributed by atoms with Crippen LogP contribution >= 0.6 is 0 Å². The number of methoxy groups -OCH3 is 1. The van der Waals surface area contributed by atoms with Gasteiger partial charge in [-0.25, -0.2) is 0 Å². The van der Waals surface area contributed by atoms with Gasteiger partial charge in [-0.05, 0) is 44.0 Å². The second-order valence-electron chi connectivity index (χ2n) is 6.46. The molecule has 132 valence electrons. The molecule has 2 atom stereocenters. The molecule has 0 saturated carbocycles. The van der Waals surface area contributed by atoms with E-state index >= 15 is 0 Å². The van der Waals surface area contributed by atoms with Crippen molar-refractivity contribution in [2.45, 2.75) is 31.8 Å². The first-order valence-electron chi connectivity index (χ1n) is 8.59. The quantitative estimate of drug-likeness (QED) is 0.859. The lowest BCUT2D eigenvalue weighted by Crippen LogP contribution is -2.42. The van der Waals surface area contributed by atoms with E-state index in [1.165, 1.54) is 5.56 Å². The van der Waals surface area contributed by atoms with Gasteiger partial charge in [0, 0.05) is 19.2 Å². The Bertz CT molecular complexity index is 578. The molecule has 0 aliphatic carbocycles. The highest BCUT2D eigenvalue weighted by molar-refractivity contribution is 5.78. The van der Waals surface area contributed by atoms with Crippen molar-refractivity contribution in [1.29, 1.82) is 0 Å². The van der Waals surface area contributed by atoms with Crippen LogP contribution in [0.4, 0.5) is 0 Å². The predicted molar refractivity (Wildman–Crippen MR) is 90.5 cm³/mol. The third-order valence-electron chi connectivity index (χ3n) is 4.49.